The van der Waals surface area contributed by atoms with E-state index in [2.05, 4.69) is 5.16 Å². The highest BCUT2D eigenvalue weighted by atomic mass is 32.2. The molecule has 0 aliphatic heterocycles. The summed E-state index contributed by atoms with van der Waals surface area (Å²) >= 11 is 3.20. The van der Waals surface area contributed by atoms with Crippen LogP contribution in [0, 0.1) is 13.8 Å². The van der Waals surface area contributed by atoms with E-state index in [0.717, 1.165) is 46.5 Å². The molecule has 0 radical (unpaired) electrons. The highest BCUT2D eigenvalue weighted by molar-refractivity contribution is 7.98. The Bertz CT molecular complexity index is 1320. The molecule has 0 bridgehead atoms. The second-order valence-electron chi connectivity index (χ2n) is 7.69. The van der Waals surface area contributed by atoms with Gasteiger partial charge in [-0.1, -0.05) is 29.1 Å². The van der Waals surface area contributed by atoms with E-state index in [0.29, 0.717) is 22.3 Å². The molecule has 3 heterocycles. The van der Waals surface area contributed by atoms with Crippen LogP contribution in [0.2, 0.25) is 0 Å². The third-order valence-corrected chi connectivity index (χ3v) is 7.96. The van der Waals surface area contributed by atoms with Crippen LogP contribution in [0.25, 0.3) is 15.9 Å². The van der Waals surface area contributed by atoms with Crippen molar-refractivity contribution in [2.45, 2.75) is 50.4 Å². The quantitative estimate of drug-likeness (QED) is 0.304. The lowest BCUT2D eigenvalue weighted by Crippen LogP contribution is -2.22. The average molecular weight is 454 g/mol. The maximum atomic E-state index is 13.9. The molecular formula is C23H23N3O3S2. The fourth-order valence-electron chi connectivity index (χ4n) is 4.15. The minimum atomic E-state index is -0.0184. The largest absolute Gasteiger partial charge is 0.495 e. The Morgan fingerprint density at radius 1 is 1.23 bits per heavy atom. The molecule has 0 N–H and O–H groups in total. The van der Waals surface area contributed by atoms with Crippen LogP contribution in [0.4, 0.5) is 0 Å². The molecule has 0 saturated heterocycles. The van der Waals surface area contributed by atoms with Gasteiger partial charge < -0.3 is 9.26 Å². The van der Waals surface area contributed by atoms with Crippen molar-refractivity contribution in [2.75, 3.05) is 7.11 Å². The maximum Gasteiger partial charge on any atom is 0.267 e. The second-order valence-corrected chi connectivity index (χ2v) is 9.72. The van der Waals surface area contributed by atoms with Crippen LogP contribution < -0.4 is 10.3 Å². The normalized spacial score (nSPS) is 13.5. The zero-order valence-electron chi connectivity index (χ0n) is 17.7. The van der Waals surface area contributed by atoms with Crippen LogP contribution in [0.5, 0.6) is 5.75 Å². The van der Waals surface area contributed by atoms with Gasteiger partial charge in [0, 0.05) is 16.2 Å². The third-order valence-electron chi connectivity index (χ3n) is 5.81. The minimum absolute atomic E-state index is 0.0184. The van der Waals surface area contributed by atoms with Crippen molar-refractivity contribution in [1.29, 1.82) is 0 Å². The Labute approximate surface area is 188 Å². The van der Waals surface area contributed by atoms with Gasteiger partial charge in [-0.2, -0.15) is 0 Å². The highest BCUT2D eigenvalue weighted by Crippen LogP contribution is 2.36. The zero-order chi connectivity index (χ0) is 21.5. The molecule has 0 atom stereocenters. The van der Waals surface area contributed by atoms with Crippen molar-refractivity contribution >= 4 is 33.3 Å². The van der Waals surface area contributed by atoms with Crippen molar-refractivity contribution in [2.24, 2.45) is 0 Å². The Morgan fingerprint density at radius 2 is 2.03 bits per heavy atom. The first-order chi connectivity index (χ1) is 15.1. The summed E-state index contributed by atoms with van der Waals surface area (Å²) < 4.78 is 12.6. The number of aryl methyl sites for hydroxylation is 4. The smallest absolute Gasteiger partial charge is 0.267 e. The summed E-state index contributed by atoms with van der Waals surface area (Å²) in [7, 11) is 1.62. The molecule has 0 fully saturated rings. The number of aromatic nitrogens is 3. The molecule has 31 heavy (non-hydrogen) atoms. The van der Waals surface area contributed by atoms with Crippen LogP contribution in [0.3, 0.4) is 0 Å². The van der Waals surface area contributed by atoms with Crippen molar-refractivity contribution in [1.82, 2.24) is 14.7 Å². The molecule has 4 aromatic rings. The summed E-state index contributed by atoms with van der Waals surface area (Å²) in [5.41, 5.74) is 3.78. The van der Waals surface area contributed by atoms with E-state index in [4.69, 9.17) is 14.2 Å². The van der Waals surface area contributed by atoms with Gasteiger partial charge in [-0.05, 0) is 57.2 Å². The van der Waals surface area contributed by atoms with Gasteiger partial charge in [-0.3, -0.25) is 9.36 Å². The number of methoxy groups -OCH3 is 1. The fourth-order valence-corrected chi connectivity index (χ4v) is 6.62. The molecule has 6 nitrogen and oxygen atoms in total. The van der Waals surface area contributed by atoms with Gasteiger partial charge in [0.05, 0.1) is 23.9 Å². The van der Waals surface area contributed by atoms with E-state index in [1.165, 1.54) is 28.6 Å². The lowest BCUT2D eigenvalue weighted by Gasteiger charge is -2.15. The standard InChI is InChI=1S/C23H23N3O3S2/c1-13-16(14(2)29-25-13)12-30-23-24-21-20(15-8-4-7-11-19(15)31-21)22(27)26(23)17-9-5-6-10-18(17)28-3/h5-6,9-10H,4,7-8,11-12H2,1-3H3. The molecule has 0 amide bonds. The van der Waals surface area contributed by atoms with Crippen molar-refractivity contribution in [3.05, 3.63) is 62.1 Å². The van der Waals surface area contributed by atoms with Gasteiger partial charge in [-0.15, -0.1) is 11.3 Å². The molecule has 1 aliphatic rings. The van der Waals surface area contributed by atoms with Crippen LogP contribution in [-0.4, -0.2) is 21.8 Å². The molecule has 3 aromatic heterocycles. The average Bonchev–Trinajstić information content (AvgIpc) is 3.31. The molecule has 0 unspecified atom stereocenters. The first kappa shape index (κ1) is 20.3. The monoisotopic (exact) mass is 453 g/mol. The van der Waals surface area contributed by atoms with Crippen molar-refractivity contribution in [3.63, 3.8) is 0 Å². The van der Waals surface area contributed by atoms with E-state index in [-0.39, 0.29) is 5.56 Å². The number of para-hydroxylation sites is 2. The number of hydrogen-bond acceptors (Lipinski definition) is 7. The van der Waals surface area contributed by atoms with Crippen molar-refractivity contribution < 1.29 is 9.26 Å². The van der Waals surface area contributed by atoms with E-state index < -0.39 is 0 Å². The molecular weight excluding hydrogens is 430 g/mol. The number of thiophene rings is 1. The Balaban J connectivity index is 1.72. The zero-order valence-corrected chi connectivity index (χ0v) is 19.4. The predicted molar refractivity (Wildman–Crippen MR) is 124 cm³/mol. The first-order valence-electron chi connectivity index (χ1n) is 10.3. The van der Waals surface area contributed by atoms with Crippen LogP contribution in [-0.2, 0) is 18.6 Å². The summed E-state index contributed by atoms with van der Waals surface area (Å²) in [6, 6.07) is 7.60. The SMILES string of the molecule is COc1ccccc1-n1c(SCc2c(C)noc2C)nc2sc3c(c2c1=O)CCCC3. The first-order valence-corrected chi connectivity index (χ1v) is 12.1. The van der Waals surface area contributed by atoms with Gasteiger partial charge in [0.2, 0.25) is 0 Å². The fraction of sp³-hybridized carbons (Fsp3) is 0.348. The predicted octanol–water partition coefficient (Wildman–Crippen LogP) is 5.23. The number of fused-ring (bicyclic) bond motifs is 3. The maximum absolute atomic E-state index is 13.9. The molecule has 160 valence electrons. The number of hydrogen-bond donors (Lipinski definition) is 0. The van der Waals surface area contributed by atoms with Gasteiger partial charge >= 0.3 is 0 Å². The van der Waals surface area contributed by atoms with E-state index in [1.807, 2.05) is 38.1 Å². The summed E-state index contributed by atoms with van der Waals surface area (Å²) in [5, 5.41) is 5.48. The molecule has 0 saturated carbocycles. The Hall–Kier alpha value is -2.58. The third kappa shape index (κ3) is 3.47. The van der Waals surface area contributed by atoms with Gasteiger partial charge in [0.25, 0.3) is 5.56 Å². The number of rotatable bonds is 5. The van der Waals surface area contributed by atoms with E-state index in [9.17, 15) is 4.79 Å². The molecule has 1 aromatic carbocycles. The second kappa shape index (κ2) is 8.16. The summed E-state index contributed by atoms with van der Waals surface area (Å²) in [6.07, 6.45) is 4.28. The van der Waals surface area contributed by atoms with Crippen LogP contribution in [0.15, 0.2) is 38.7 Å². The molecule has 0 spiro atoms. The van der Waals surface area contributed by atoms with E-state index >= 15 is 0 Å². The number of thioether (sulfide) groups is 1. The summed E-state index contributed by atoms with van der Waals surface area (Å²) in [4.78, 5) is 21.0. The van der Waals surface area contributed by atoms with E-state index in [1.54, 1.807) is 23.0 Å². The topological polar surface area (TPSA) is 70.2 Å². The number of benzene rings is 1. The van der Waals surface area contributed by atoms with Crippen molar-refractivity contribution in [3.8, 4) is 11.4 Å². The Kier molecular flexibility index (Phi) is 5.35. The summed E-state index contributed by atoms with van der Waals surface area (Å²) in [5.74, 6) is 2.07. The number of nitrogens with zero attached hydrogens (tertiary/aromatic N) is 3. The number of ether oxygens (including phenoxy) is 1. The minimum Gasteiger partial charge on any atom is -0.495 e. The molecule has 8 heteroatoms. The highest BCUT2D eigenvalue weighted by Gasteiger charge is 2.24. The van der Waals surface area contributed by atoms with Gasteiger partial charge in [0.15, 0.2) is 5.16 Å². The van der Waals surface area contributed by atoms with Crippen LogP contribution in [0.1, 0.15) is 40.3 Å². The lowest BCUT2D eigenvalue weighted by molar-refractivity contribution is 0.392. The van der Waals surface area contributed by atoms with Crippen LogP contribution >= 0.6 is 23.1 Å². The van der Waals surface area contributed by atoms with Gasteiger partial charge in [-0.25, -0.2) is 4.98 Å². The lowest BCUT2D eigenvalue weighted by atomic mass is 9.97. The Morgan fingerprint density at radius 3 is 2.81 bits per heavy atom. The summed E-state index contributed by atoms with van der Waals surface area (Å²) in [6.45, 7) is 3.84. The van der Waals surface area contributed by atoms with Gasteiger partial charge in [0.1, 0.15) is 16.3 Å². The molecule has 5 rings (SSSR count). The molecule has 1 aliphatic carbocycles.